The molecule has 2 rings (SSSR count). The normalized spacial score (nSPS) is 10.1. The van der Waals surface area contributed by atoms with Gasteiger partial charge in [0.15, 0.2) is 5.78 Å². The van der Waals surface area contributed by atoms with Crippen LogP contribution in [-0.4, -0.2) is 16.9 Å². The Hall–Kier alpha value is -2.82. The molecule has 0 heterocycles. The van der Waals surface area contributed by atoms with Crippen molar-refractivity contribution in [3.8, 4) is 5.75 Å². The van der Waals surface area contributed by atoms with Crippen molar-refractivity contribution < 1.29 is 19.4 Å². The highest BCUT2D eigenvalue weighted by Crippen LogP contribution is 2.26. The van der Waals surface area contributed by atoms with E-state index >= 15 is 0 Å². The third-order valence-corrected chi connectivity index (χ3v) is 2.97. The molecule has 0 aliphatic carbocycles. The van der Waals surface area contributed by atoms with Gasteiger partial charge >= 0.3 is 5.97 Å². The summed E-state index contributed by atoms with van der Waals surface area (Å²) in [5, 5.41) is 9.19. The molecule has 0 saturated carbocycles. The first kappa shape index (κ1) is 14.6. The van der Waals surface area contributed by atoms with Gasteiger partial charge in [-0.25, -0.2) is 4.79 Å². The monoisotopic (exact) mass is 285 g/mol. The standard InChI is InChI=1S/C16H15NO4/c1-10(18)15-13(16(19)20)7-12(8-14(15)17)21-9-11-5-3-2-4-6-11/h2-8H,9,17H2,1H3,(H,19,20). The molecule has 3 N–H and O–H groups in total. The number of carboxylic acid groups (broad SMARTS) is 1. The maximum Gasteiger partial charge on any atom is 0.336 e. The van der Waals surface area contributed by atoms with Gasteiger partial charge in [0.1, 0.15) is 12.4 Å². The van der Waals surface area contributed by atoms with Gasteiger partial charge in [-0.3, -0.25) is 4.79 Å². The fourth-order valence-corrected chi connectivity index (χ4v) is 2.02. The number of ether oxygens (including phenoxy) is 1. The lowest BCUT2D eigenvalue weighted by Crippen LogP contribution is -2.10. The van der Waals surface area contributed by atoms with E-state index in [2.05, 4.69) is 0 Å². The molecule has 0 spiro atoms. The molecular formula is C16H15NO4. The number of nitrogens with two attached hydrogens (primary N) is 1. The van der Waals surface area contributed by atoms with Crippen molar-refractivity contribution in [2.75, 3.05) is 5.73 Å². The average molecular weight is 285 g/mol. The first-order valence-corrected chi connectivity index (χ1v) is 6.33. The van der Waals surface area contributed by atoms with Crippen LogP contribution in [0.4, 0.5) is 5.69 Å². The van der Waals surface area contributed by atoms with Gasteiger partial charge in [0.2, 0.25) is 0 Å². The van der Waals surface area contributed by atoms with Gasteiger partial charge in [-0.2, -0.15) is 0 Å². The molecule has 2 aromatic rings. The molecule has 0 radical (unpaired) electrons. The van der Waals surface area contributed by atoms with Crippen LogP contribution < -0.4 is 10.5 Å². The van der Waals surface area contributed by atoms with Crippen molar-refractivity contribution in [1.29, 1.82) is 0 Å². The van der Waals surface area contributed by atoms with Crippen LogP contribution in [0.15, 0.2) is 42.5 Å². The molecule has 0 amide bonds. The summed E-state index contributed by atoms with van der Waals surface area (Å²) >= 11 is 0. The van der Waals surface area contributed by atoms with Gasteiger partial charge in [-0.15, -0.1) is 0 Å². The van der Waals surface area contributed by atoms with Crippen molar-refractivity contribution >= 4 is 17.4 Å². The van der Waals surface area contributed by atoms with Crippen LogP contribution in [0.1, 0.15) is 33.2 Å². The second kappa shape index (κ2) is 6.09. The lowest BCUT2D eigenvalue weighted by Gasteiger charge is -2.11. The van der Waals surface area contributed by atoms with E-state index in [1.165, 1.54) is 19.1 Å². The molecule has 0 aliphatic heterocycles. The summed E-state index contributed by atoms with van der Waals surface area (Å²) in [5.41, 5.74) is 6.68. The number of carbonyl (C=O) groups excluding carboxylic acids is 1. The number of benzene rings is 2. The third-order valence-electron chi connectivity index (χ3n) is 2.97. The van der Waals surface area contributed by atoms with Crippen molar-refractivity contribution in [3.05, 3.63) is 59.2 Å². The van der Waals surface area contributed by atoms with Gasteiger partial charge in [-0.1, -0.05) is 30.3 Å². The van der Waals surface area contributed by atoms with E-state index in [0.29, 0.717) is 12.4 Å². The van der Waals surface area contributed by atoms with Gasteiger partial charge in [0.25, 0.3) is 0 Å². The molecule has 0 aliphatic rings. The van der Waals surface area contributed by atoms with Crippen LogP contribution in [0.25, 0.3) is 0 Å². The maximum atomic E-state index is 11.5. The quantitative estimate of drug-likeness (QED) is 0.651. The highest BCUT2D eigenvalue weighted by atomic mass is 16.5. The van der Waals surface area contributed by atoms with E-state index in [1.807, 2.05) is 30.3 Å². The van der Waals surface area contributed by atoms with Crippen LogP contribution in [0, 0.1) is 0 Å². The van der Waals surface area contributed by atoms with Crippen molar-refractivity contribution in [2.45, 2.75) is 13.5 Å². The molecule has 2 aromatic carbocycles. The Morgan fingerprint density at radius 2 is 1.86 bits per heavy atom. The van der Waals surface area contributed by atoms with Gasteiger partial charge in [0.05, 0.1) is 11.1 Å². The molecule has 5 heteroatoms. The lowest BCUT2D eigenvalue weighted by atomic mass is 10.0. The Labute approximate surface area is 122 Å². The Bertz CT molecular complexity index is 680. The topological polar surface area (TPSA) is 89.6 Å². The van der Waals surface area contributed by atoms with Crippen molar-refractivity contribution in [1.82, 2.24) is 0 Å². The largest absolute Gasteiger partial charge is 0.489 e. The van der Waals surface area contributed by atoms with Gasteiger partial charge in [-0.05, 0) is 18.6 Å². The van der Waals surface area contributed by atoms with E-state index in [-0.39, 0.29) is 22.6 Å². The maximum absolute atomic E-state index is 11.5. The molecule has 5 nitrogen and oxygen atoms in total. The zero-order chi connectivity index (χ0) is 15.4. The van der Waals surface area contributed by atoms with Crippen LogP contribution in [0.3, 0.4) is 0 Å². The third kappa shape index (κ3) is 3.39. The number of nitrogen functional groups attached to an aromatic ring is 1. The molecule has 0 saturated heterocycles. The summed E-state index contributed by atoms with van der Waals surface area (Å²) < 4.78 is 5.54. The summed E-state index contributed by atoms with van der Waals surface area (Å²) in [6.07, 6.45) is 0. The summed E-state index contributed by atoms with van der Waals surface area (Å²) in [7, 11) is 0. The second-order valence-corrected chi connectivity index (χ2v) is 4.57. The highest BCUT2D eigenvalue weighted by Gasteiger charge is 2.18. The Morgan fingerprint density at radius 3 is 2.43 bits per heavy atom. The minimum Gasteiger partial charge on any atom is -0.489 e. The smallest absolute Gasteiger partial charge is 0.336 e. The molecule has 0 atom stereocenters. The zero-order valence-corrected chi connectivity index (χ0v) is 11.5. The Kier molecular flexibility index (Phi) is 4.23. The highest BCUT2D eigenvalue weighted by molar-refractivity contribution is 6.08. The average Bonchev–Trinajstić information content (AvgIpc) is 2.45. The molecule has 0 aromatic heterocycles. The number of anilines is 1. The number of carboxylic acids is 1. The van der Waals surface area contributed by atoms with Gasteiger partial charge in [0, 0.05) is 11.8 Å². The molecule has 0 fully saturated rings. The van der Waals surface area contributed by atoms with E-state index < -0.39 is 5.97 Å². The number of hydrogen-bond acceptors (Lipinski definition) is 4. The fourth-order valence-electron chi connectivity index (χ4n) is 2.02. The number of hydrogen-bond donors (Lipinski definition) is 2. The first-order chi connectivity index (χ1) is 9.99. The summed E-state index contributed by atoms with van der Waals surface area (Å²) in [5.74, 6) is -1.28. The first-order valence-electron chi connectivity index (χ1n) is 6.33. The van der Waals surface area contributed by atoms with Crippen LogP contribution >= 0.6 is 0 Å². The minimum absolute atomic E-state index is 0.00885. The molecule has 21 heavy (non-hydrogen) atoms. The molecule has 108 valence electrons. The van der Waals surface area contributed by atoms with Crippen LogP contribution in [0.2, 0.25) is 0 Å². The Balaban J connectivity index is 2.29. The van der Waals surface area contributed by atoms with E-state index in [4.69, 9.17) is 10.5 Å². The molecule has 0 bridgehead atoms. The number of carbonyl (C=O) groups is 2. The predicted molar refractivity (Wildman–Crippen MR) is 78.6 cm³/mol. The predicted octanol–water partition coefficient (Wildman–Crippen LogP) is 2.75. The van der Waals surface area contributed by atoms with Gasteiger partial charge < -0.3 is 15.6 Å². The van der Waals surface area contributed by atoms with Crippen molar-refractivity contribution in [2.24, 2.45) is 0 Å². The summed E-state index contributed by atoms with van der Waals surface area (Å²) in [4.78, 5) is 22.7. The molecular weight excluding hydrogens is 270 g/mol. The number of rotatable bonds is 5. The minimum atomic E-state index is -1.21. The molecule has 0 unspecified atom stereocenters. The van der Waals surface area contributed by atoms with Crippen LogP contribution in [-0.2, 0) is 6.61 Å². The number of ketones is 1. The summed E-state index contributed by atoms with van der Waals surface area (Å²) in [6.45, 7) is 1.57. The zero-order valence-electron chi connectivity index (χ0n) is 11.5. The van der Waals surface area contributed by atoms with Crippen LogP contribution in [0.5, 0.6) is 5.75 Å². The van der Waals surface area contributed by atoms with E-state index in [1.54, 1.807) is 0 Å². The lowest BCUT2D eigenvalue weighted by molar-refractivity contribution is 0.0692. The number of aromatic carboxylic acids is 1. The van der Waals surface area contributed by atoms with Crippen molar-refractivity contribution in [3.63, 3.8) is 0 Å². The van der Waals surface area contributed by atoms with E-state index in [9.17, 15) is 14.7 Å². The van der Waals surface area contributed by atoms with E-state index in [0.717, 1.165) is 5.56 Å². The Morgan fingerprint density at radius 1 is 1.19 bits per heavy atom. The number of Topliss-reactive ketones (excluding diaryl/α,β-unsaturated/α-hetero) is 1. The second-order valence-electron chi connectivity index (χ2n) is 4.57. The fraction of sp³-hybridized carbons (Fsp3) is 0.125. The SMILES string of the molecule is CC(=O)c1c(N)cc(OCc2ccccc2)cc1C(=O)O. The summed E-state index contributed by atoms with van der Waals surface area (Å²) in [6, 6.07) is 12.2.